The van der Waals surface area contributed by atoms with Crippen molar-refractivity contribution in [1.82, 2.24) is 5.32 Å². The Hall–Kier alpha value is -1.39. The molecule has 2 aromatic rings. The zero-order valence-corrected chi connectivity index (χ0v) is 11.9. The first kappa shape index (κ1) is 14.0. The summed E-state index contributed by atoms with van der Waals surface area (Å²) in [4.78, 5) is 12.9. The number of amides is 1. The standard InChI is InChI=1S/C14H13ClFNOS/c1-9(12-6-7-13(15)19-12)17-14(18)8-10-2-4-11(16)5-3-10/h2-7,9H,8H2,1H3,(H,17,18). The van der Waals surface area contributed by atoms with E-state index in [2.05, 4.69) is 5.32 Å². The fraction of sp³-hybridized carbons (Fsp3) is 0.214. The van der Waals surface area contributed by atoms with Crippen LogP contribution in [0.1, 0.15) is 23.4 Å². The van der Waals surface area contributed by atoms with Crippen LogP contribution in [-0.2, 0) is 11.2 Å². The predicted molar refractivity (Wildman–Crippen MR) is 76.0 cm³/mol. The molecular weight excluding hydrogens is 285 g/mol. The Balaban J connectivity index is 1.92. The van der Waals surface area contributed by atoms with Crippen LogP contribution in [0.25, 0.3) is 0 Å². The predicted octanol–water partition coefficient (Wildman–Crippen LogP) is 3.96. The molecule has 19 heavy (non-hydrogen) atoms. The van der Waals surface area contributed by atoms with E-state index < -0.39 is 0 Å². The number of thiophene rings is 1. The number of benzene rings is 1. The van der Waals surface area contributed by atoms with Crippen LogP contribution in [0.4, 0.5) is 4.39 Å². The van der Waals surface area contributed by atoms with Gasteiger partial charge < -0.3 is 5.32 Å². The van der Waals surface area contributed by atoms with Crippen molar-refractivity contribution in [3.8, 4) is 0 Å². The maximum absolute atomic E-state index is 12.7. The van der Waals surface area contributed by atoms with Crippen LogP contribution in [0.5, 0.6) is 0 Å². The molecule has 0 fully saturated rings. The molecule has 0 spiro atoms. The molecule has 0 aliphatic carbocycles. The van der Waals surface area contributed by atoms with Crippen molar-refractivity contribution in [2.75, 3.05) is 0 Å². The molecule has 0 bridgehead atoms. The molecule has 1 atom stereocenters. The molecule has 0 saturated carbocycles. The summed E-state index contributed by atoms with van der Waals surface area (Å²) in [6, 6.07) is 9.56. The molecular formula is C14H13ClFNOS. The van der Waals surface area contributed by atoms with Gasteiger partial charge in [-0.3, -0.25) is 4.79 Å². The Morgan fingerprint density at radius 1 is 1.32 bits per heavy atom. The van der Waals surface area contributed by atoms with Gasteiger partial charge in [0.25, 0.3) is 0 Å². The van der Waals surface area contributed by atoms with Crippen LogP contribution >= 0.6 is 22.9 Å². The van der Waals surface area contributed by atoms with E-state index in [4.69, 9.17) is 11.6 Å². The van der Waals surface area contributed by atoms with Crippen molar-refractivity contribution in [3.63, 3.8) is 0 Å². The summed E-state index contributed by atoms with van der Waals surface area (Å²) in [5.74, 6) is -0.394. The monoisotopic (exact) mass is 297 g/mol. The lowest BCUT2D eigenvalue weighted by Gasteiger charge is -2.12. The first-order chi connectivity index (χ1) is 9.04. The molecule has 0 aliphatic heterocycles. The zero-order chi connectivity index (χ0) is 13.8. The van der Waals surface area contributed by atoms with E-state index in [-0.39, 0.29) is 24.2 Å². The lowest BCUT2D eigenvalue weighted by Crippen LogP contribution is -2.27. The Morgan fingerprint density at radius 2 is 2.00 bits per heavy atom. The van der Waals surface area contributed by atoms with Crippen molar-refractivity contribution in [2.45, 2.75) is 19.4 Å². The smallest absolute Gasteiger partial charge is 0.224 e. The third-order valence-corrected chi connectivity index (χ3v) is 4.09. The van der Waals surface area contributed by atoms with Crippen molar-refractivity contribution in [1.29, 1.82) is 0 Å². The highest BCUT2D eigenvalue weighted by Crippen LogP contribution is 2.26. The van der Waals surface area contributed by atoms with Gasteiger partial charge in [-0.15, -0.1) is 11.3 Å². The summed E-state index contributed by atoms with van der Waals surface area (Å²) in [6.07, 6.45) is 0.240. The van der Waals surface area contributed by atoms with Crippen molar-refractivity contribution < 1.29 is 9.18 Å². The minimum Gasteiger partial charge on any atom is -0.348 e. The second-order valence-corrected chi connectivity index (χ2v) is 5.98. The quantitative estimate of drug-likeness (QED) is 0.909. The Morgan fingerprint density at radius 3 is 2.58 bits per heavy atom. The molecule has 1 N–H and O–H groups in total. The van der Waals surface area contributed by atoms with Crippen molar-refractivity contribution >= 4 is 28.8 Å². The van der Waals surface area contributed by atoms with Crippen molar-refractivity contribution in [3.05, 3.63) is 57.0 Å². The molecule has 0 aliphatic rings. The summed E-state index contributed by atoms with van der Waals surface area (Å²) < 4.78 is 13.4. The number of hydrogen-bond donors (Lipinski definition) is 1. The van der Waals surface area contributed by atoms with E-state index in [1.165, 1.54) is 23.5 Å². The van der Waals surface area contributed by atoms with E-state index >= 15 is 0 Å². The van der Waals surface area contributed by atoms with Gasteiger partial charge in [0.05, 0.1) is 16.8 Å². The number of halogens is 2. The molecule has 1 amide bonds. The van der Waals surface area contributed by atoms with E-state index in [1.54, 1.807) is 12.1 Å². The van der Waals surface area contributed by atoms with Gasteiger partial charge in [-0.1, -0.05) is 23.7 Å². The van der Waals surface area contributed by atoms with E-state index in [9.17, 15) is 9.18 Å². The summed E-state index contributed by atoms with van der Waals surface area (Å²) in [7, 11) is 0. The Labute approximate surface area is 120 Å². The molecule has 2 rings (SSSR count). The molecule has 1 unspecified atom stereocenters. The SMILES string of the molecule is CC(NC(=O)Cc1ccc(F)cc1)c1ccc(Cl)s1. The van der Waals surface area contributed by atoms with Gasteiger partial charge in [-0.25, -0.2) is 4.39 Å². The maximum atomic E-state index is 12.7. The van der Waals surface area contributed by atoms with E-state index in [0.29, 0.717) is 4.34 Å². The van der Waals surface area contributed by atoms with Gasteiger partial charge in [-0.2, -0.15) is 0 Å². The van der Waals surface area contributed by atoms with E-state index in [0.717, 1.165) is 10.4 Å². The van der Waals surface area contributed by atoms with E-state index in [1.807, 2.05) is 19.1 Å². The van der Waals surface area contributed by atoms with Gasteiger partial charge in [0.1, 0.15) is 5.82 Å². The Bertz CT molecular complexity index is 567. The molecule has 0 radical (unpaired) electrons. The fourth-order valence-corrected chi connectivity index (χ4v) is 2.78. The number of rotatable bonds is 4. The normalized spacial score (nSPS) is 12.2. The third kappa shape index (κ3) is 4.04. The first-order valence-corrected chi connectivity index (χ1v) is 7.03. The van der Waals surface area contributed by atoms with Crippen LogP contribution in [-0.4, -0.2) is 5.91 Å². The number of nitrogens with one attached hydrogen (secondary N) is 1. The maximum Gasteiger partial charge on any atom is 0.224 e. The molecule has 1 heterocycles. The topological polar surface area (TPSA) is 29.1 Å². The summed E-state index contributed by atoms with van der Waals surface area (Å²) >= 11 is 7.30. The molecule has 2 nitrogen and oxygen atoms in total. The molecule has 0 saturated heterocycles. The van der Waals surface area contributed by atoms with Gasteiger partial charge >= 0.3 is 0 Å². The van der Waals surface area contributed by atoms with Gasteiger partial charge in [0.2, 0.25) is 5.91 Å². The third-order valence-electron chi connectivity index (χ3n) is 2.68. The zero-order valence-electron chi connectivity index (χ0n) is 10.3. The lowest BCUT2D eigenvalue weighted by molar-refractivity contribution is -0.121. The van der Waals surface area contributed by atoms with Crippen molar-refractivity contribution in [2.24, 2.45) is 0 Å². The first-order valence-electron chi connectivity index (χ1n) is 5.83. The lowest BCUT2D eigenvalue weighted by atomic mass is 10.1. The number of carbonyl (C=O) groups excluding carboxylic acids is 1. The van der Waals surface area contributed by atoms with Gasteiger partial charge in [-0.05, 0) is 36.8 Å². The highest BCUT2D eigenvalue weighted by atomic mass is 35.5. The van der Waals surface area contributed by atoms with Crippen LogP contribution in [0.15, 0.2) is 36.4 Å². The average molecular weight is 298 g/mol. The molecule has 5 heteroatoms. The number of hydrogen-bond acceptors (Lipinski definition) is 2. The van der Waals surface area contributed by atoms with Crippen LogP contribution in [0, 0.1) is 5.82 Å². The summed E-state index contributed by atoms with van der Waals surface area (Å²) in [5, 5.41) is 2.89. The highest BCUT2D eigenvalue weighted by molar-refractivity contribution is 7.16. The molecule has 1 aromatic carbocycles. The van der Waals surface area contributed by atoms with Crippen LogP contribution in [0.3, 0.4) is 0 Å². The average Bonchev–Trinajstić information content (AvgIpc) is 2.79. The Kier molecular flexibility index (Phi) is 4.56. The summed E-state index contributed by atoms with van der Waals surface area (Å²) in [5.41, 5.74) is 0.787. The number of carbonyl (C=O) groups is 1. The van der Waals surface area contributed by atoms with Crippen LogP contribution < -0.4 is 5.32 Å². The minimum absolute atomic E-state index is 0.0783. The van der Waals surface area contributed by atoms with Gasteiger partial charge in [0, 0.05) is 4.88 Å². The van der Waals surface area contributed by atoms with Gasteiger partial charge in [0.15, 0.2) is 0 Å². The van der Waals surface area contributed by atoms with Crippen LogP contribution in [0.2, 0.25) is 4.34 Å². The molecule has 100 valence electrons. The second kappa shape index (κ2) is 6.17. The molecule has 1 aromatic heterocycles. The summed E-state index contributed by atoms with van der Waals surface area (Å²) in [6.45, 7) is 1.91. The minimum atomic E-state index is -0.300. The highest BCUT2D eigenvalue weighted by Gasteiger charge is 2.12. The largest absolute Gasteiger partial charge is 0.348 e. The fourth-order valence-electron chi connectivity index (χ4n) is 1.71. The second-order valence-electron chi connectivity index (χ2n) is 4.23.